The van der Waals surface area contributed by atoms with Crippen molar-refractivity contribution in [3.63, 3.8) is 0 Å². The van der Waals surface area contributed by atoms with Crippen LogP contribution < -0.4 is 10.5 Å². The summed E-state index contributed by atoms with van der Waals surface area (Å²) in [5, 5.41) is 0.612. The van der Waals surface area contributed by atoms with Crippen LogP contribution in [-0.2, 0) is 0 Å². The van der Waals surface area contributed by atoms with Crippen LogP contribution in [0.3, 0.4) is 0 Å². The molecule has 16 heavy (non-hydrogen) atoms. The average Bonchev–Trinajstić information content (AvgIpc) is 2.25. The molecule has 0 aliphatic rings. The van der Waals surface area contributed by atoms with Gasteiger partial charge in [0.1, 0.15) is 5.75 Å². The Morgan fingerprint density at radius 3 is 2.69 bits per heavy atom. The number of anilines is 1. The lowest BCUT2D eigenvalue weighted by Gasteiger charge is -2.11. The second kappa shape index (κ2) is 6.69. The predicted octanol–water partition coefficient (Wildman–Crippen LogP) is 3.95. The third kappa shape index (κ3) is 4.35. The second-order valence-corrected chi connectivity index (χ2v) is 5.43. The number of hydrogen-bond donors (Lipinski definition) is 1. The summed E-state index contributed by atoms with van der Waals surface area (Å²) in [6.45, 7) is 7.26. The molecule has 90 valence electrons. The third-order valence-corrected chi connectivity index (χ3v) is 3.53. The van der Waals surface area contributed by atoms with Gasteiger partial charge in [-0.1, -0.05) is 20.8 Å². The normalized spacial score (nSPS) is 12.4. The molecule has 1 aromatic rings. The fraction of sp³-hybridized carbons (Fsp3) is 0.538. The van der Waals surface area contributed by atoms with Crippen molar-refractivity contribution in [1.29, 1.82) is 0 Å². The SMILES string of the molecule is CCCOc1cc(N)cc(SC(C)CC)c1. The van der Waals surface area contributed by atoms with Crippen LogP contribution in [0, 0.1) is 0 Å². The lowest BCUT2D eigenvalue weighted by molar-refractivity contribution is 0.317. The smallest absolute Gasteiger partial charge is 0.122 e. The summed E-state index contributed by atoms with van der Waals surface area (Å²) in [5.74, 6) is 0.882. The van der Waals surface area contributed by atoms with Crippen LogP contribution in [0.15, 0.2) is 23.1 Å². The van der Waals surface area contributed by atoms with E-state index in [0.717, 1.165) is 30.9 Å². The largest absolute Gasteiger partial charge is 0.493 e. The van der Waals surface area contributed by atoms with Crippen molar-refractivity contribution in [3.8, 4) is 5.75 Å². The van der Waals surface area contributed by atoms with Gasteiger partial charge in [-0.15, -0.1) is 11.8 Å². The highest BCUT2D eigenvalue weighted by atomic mass is 32.2. The zero-order valence-corrected chi connectivity index (χ0v) is 11.1. The summed E-state index contributed by atoms with van der Waals surface area (Å²) < 4.78 is 5.60. The molecule has 0 spiro atoms. The zero-order valence-electron chi connectivity index (χ0n) is 10.3. The Morgan fingerprint density at radius 2 is 2.06 bits per heavy atom. The van der Waals surface area contributed by atoms with Crippen molar-refractivity contribution in [1.82, 2.24) is 0 Å². The van der Waals surface area contributed by atoms with Crippen LogP contribution in [0.5, 0.6) is 5.75 Å². The quantitative estimate of drug-likeness (QED) is 0.603. The fourth-order valence-electron chi connectivity index (χ4n) is 1.28. The van der Waals surface area contributed by atoms with Crippen LogP contribution in [0.2, 0.25) is 0 Å². The molecule has 1 aromatic carbocycles. The second-order valence-electron chi connectivity index (χ2n) is 3.92. The number of benzene rings is 1. The maximum absolute atomic E-state index is 5.85. The molecule has 2 N–H and O–H groups in total. The van der Waals surface area contributed by atoms with E-state index in [-0.39, 0.29) is 0 Å². The fourth-order valence-corrected chi connectivity index (χ4v) is 2.30. The van der Waals surface area contributed by atoms with Crippen molar-refractivity contribution in [2.75, 3.05) is 12.3 Å². The van der Waals surface area contributed by atoms with E-state index in [4.69, 9.17) is 10.5 Å². The first-order valence-electron chi connectivity index (χ1n) is 5.85. The van der Waals surface area contributed by atoms with Crippen LogP contribution in [0.4, 0.5) is 5.69 Å². The van der Waals surface area contributed by atoms with Gasteiger partial charge in [0, 0.05) is 21.9 Å². The Labute approximate surface area is 103 Å². The summed E-state index contributed by atoms with van der Waals surface area (Å²) in [6, 6.07) is 5.97. The van der Waals surface area contributed by atoms with Crippen LogP contribution in [-0.4, -0.2) is 11.9 Å². The van der Waals surface area contributed by atoms with E-state index in [1.807, 2.05) is 23.9 Å². The number of hydrogen-bond acceptors (Lipinski definition) is 3. The monoisotopic (exact) mass is 239 g/mol. The van der Waals surface area contributed by atoms with Gasteiger partial charge in [0.15, 0.2) is 0 Å². The Hall–Kier alpha value is -0.830. The molecule has 2 nitrogen and oxygen atoms in total. The van der Waals surface area contributed by atoms with E-state index in [1.165, 1.54) is 4.90 Å². The molecule has 0 bridgehead atoms. The van der Waals surface area contributed by atoms with Gasteiger partial charge in [0.05, 0.1) is 6.61 Å². The van der Waals surface area contributed by atoms with Gasteiger partial charge in [-0.3, -0.25) is 0 Å². The van der Waals surface area contributed by atoms with Gasteiger partial charge in [-0.25, -0.2) is 0 Å². The molecule has 0 saturated carbocycles. The summed E-state index contributed by atoms with van der Waals surface area (Å²) in [7, 11) is 0. The topological polar surface area (TPSA) is 35.2 Å². The van der Waals surface area contributed by atoms with E-state index >= 15 is 0 Å². The van der Waals surface area contributed by atoms with E-state index in [2.05, 4.69) is 26.8 Å². The Bertz CT molecular complexity index is 328. The van der Waals surface area contributed by atoms with Crippen LogP contribution in [0.1, 0.15) is 33.6 Å². The molecule has 0 saturated heterocycles. The number of thioether (sulfide) groups is 1. The maximum atomic E-state index is 5.85. The number of nitrogens with two attached hydrogens (primary N) is 1. The summed E-state index contributed by atoms with van der Waals surface area (Å²) in [6.07, 6.45) is 2.17. The van der Waals surface area contributed by atoms with E-state index in [9.17, 15) is 0 Å². The molecule has 0 aromatic heterocycles. The van der Waals surface area contributed by atoms with Gasteiger partial charge in [-0.2, -0.15) is 0 Å². The average molecular weight is 239 g/mol. The number of rotatable bonds is 6. The molecule has 0 radical (unpaired) electrons. The molecular formula is C13H21NOS. The Balaban J connectivity index is 2.73. The standard InChI is InChI=1S/C13H21NOS/c1-4-6-15-12-7-11(14)8-13(9-12)16-10(3)5-2/h7-10H,4-6,14H2,1-3H3. The minimum absolute atomic E-state index is 0.612. The van der Waals surface area contributed by atoms with Gasteiger partial charge in [0.2, 0.25) is 0 Å². The van der Waals surface area contributed by atoms with E-state index in [0.29, 0.717) is 5.25 Å². The number of ether oxygens (including phenoxy) is 1. The molecule has 1 rings (SSSR count). The Morgan fingerprint density at radius 1 is 1.31 bits per heavy atom. The highest BCUT2D eigenvalue weighted by Crippen LogP contribution is 2.30. The van der Waals surface area contributed by atoms with Crippen molar-refractivity contribution in [2.45, 2.75) is 43.8 Å². The lowest BCUT2D eigenvalue weighted by Crippen LogP contribution is -1.98. The van der Waals surface area contributed by atoms with Gasteiger partial charge in [-0.05, 0) is 25.0 Å². The number of nitrogen functional groups attached to an aromatic ring is 1. The third-order valence-electron chi connectivity index (χ3n) is 2.29. The maximum Gasteiger partial charge on any atom is 0.122 e. The van der Waals surface area contributed by atoms with Crippen LogP contribution in [0.25, 0.3) is 0 Å². The molecule has 1 atom stereocenters. The van der Waals surface area contributed by atoms with Gasteiger partial charge >= 0.3 is 0 Å². The minimum Gasteiger partial charge on any atom is -0.493 e. The summed E-state index contributed by atoms with van der Waals surface area (Å²) >= 11 is 1.85. The lowest BCUT2D eigenvalue weighted by atomic mass is 10.3. The minimum atomic E-state index is 0.612. The molecule has 0 aliphatic carbocycles. The highest BCUT2D eigenvalue weighted by molar-refractivity contribution is 7.99. The Kier molecular flexibility index (Phi) is 5.53. The molecule has 0 fully saturated rings. The summed E-state index contributed by atoms with van der Waals surface area (Å²) in [5.41, 5.74) is 6.63. The molecule has 3 heteroatoms. The van der Waals surface area contributed by atoms with E-state index in [1.54, 1.807) is 0 Å². The molecule has 0 aliphatic heterocycles. The first-order valence-corrected chi connectivity index (χ1v) is 6.73. The van der Waals surface area contributed by atoms with Crippen molar-refractivity contribution >= 4 is 17.4 Å². The zero-order chi connectivity index (χ0) is 12.0. The first kappa shape index (κ1) is 13.2. The molecule has 0 amide bonds. The molecule has 0 heterocycles. The highest BCUT2D eigenvalue weighted by Gasteiger charge is 2.05. The van der Waals surface area contributed by atoms with Gasteiger partial charge in [0.25, 0.3) is 0 Å². The van der Waals surface area contributed by atoms with Crippen molar-refractivity contribution in [3.05, 3.63) is 18.2 Å². The van der Waals surface area contributed by atoms with Crippen LogP contribution >= 0.6 is 11.8 Å². The van der Waals surface area contributed by atoms with E-state index < -0.39 is 0 Å². The van der Waals surface area contributed by atoms with Gasteiger partial charge < -0.3 is 10.5 Å². The molecular weight excluding hydrogens is 218 g/mol. The van der Waals surface area contributed by atoms with Crippen molar-refractivity contribution in [2.24, 2.45) is 0 Å². The van der Waals surface area contributed by atoms with Crippen molar-refractivity contribution < 1.29 is 4.74 Å². The molecule has 1 unspecified atom stereocenters. The predicted molar refractivity (Wildman–Crippen MR) is 72.3 cm³/mol. The first-order chi connectivity index (χ1) is 7.65. The summed E-state index contributed by atoms with van der Waals surface area (Å²) in [4.78, 5) is 1.19.